The van der Waals surface area contributed by atoms with Crippen LogP contribution in [0.1, 0.15) is 13.3 Å². The van der Waals surface area contributed by atoms with Gasteiger partial charge in [0.25, 0.3) is 0 Å². The van der Waals surface area contributed by atoms with Gasteiger partial charge in [0, 0.05) is 23.8 Å². The van der Waals surface area contributed by atoms with Crippen molar-refractivity contribution in [1.29, 1.82) is 0 Å². The van der Waals surface area contributed by atoms with Crippen LogP contribution in [0.15, 0.2) is 33.3 Å². The second-order valence-electron chi connectivity index (χ2n) is 4.12. The van der Waals surface area contributed by atoms with Crippen molar-refractivity contribution in [2.45, 2.75) is 18.2 Å². The molecule has 1 aromatic rings. The lowest BCUT2D eigenvalue weighted by atomic mass is 10.2. The number of rotatable bonds is 2. The summed E-state index contributed by atoms with van der Waals surface area (Å²) in [6.45, 7) is 2.80. The largest absolute Gasteiger partial charge is 0.246 e. The van der Waals surface area contributed by atoms with Gasteiger partial charge >= 0.3 is 0 Å². The first-order valence-corrected chi connectivity index (χ1v) is 7.99. The van der Waals surface area contributed by atoms with Gasteiger partial charge < -0.3 is 0 Å². The van der Waals surface area contributed by atoms with Crippen LogP contribution in [0.3, 0.4) is 0 Å². The molecule has 1 aromatic heterocycles. The summed E-state index contributed by atoms with van der Waals surface area (Å²) in [5, 5.41) is 0.00501. The summed E-state index contributed by atoms with van der Waals surface area (Å²) in [7, 11) is -3.58. The molecule has 0 unspecified atom stereocenters. The van der Waals surface area contributed by atoms with Gasteiger partial charge in [0.15, 0.2) is 0 Å². The number of hydrogen-bond acceptors (Lipinski definition) is 3. The lowest BCUT2D eigenvalue weighted by molar-refractivity contribution is 0.427. The van der Waals surface area contributed by atoms with Crippen LogP contribution in [0.2, 0.25) is 5.15 Å². The Bertz CT molecular complexity index is 601. The summed E-state index contributed by atoms with van der Waals surface area (Å²) in [5.41, 5.74) is 1.05. The van der Waals surface area contributed by atoms with Crippen LogP contribution in [0, 0.1) is 0 Å². The molecule has 0 saturated heterocycles. The highest BCUT2D eigenvalue weighted by Gasteiger charge is 2.28. The maximum Gasteiger partial charge on any atom is 0.246 e. The molecule has 0 spiro atoms. The van der Waals surface area contributed by atoms with Gasteiger partial charge in [0.1, 0.15) is 10.0 Å². The lowest BCUT2D eigenvalue weighted by Crippen LogP contribution is -2.35. The molecule has 0 aromatic carbocycles. The molecule has 0 aliphatic carbocycles. The molecular weight excluding hydrogens is 340 g/mol. The summed E-state index contributed by atoms with van der Waals surface area (Å²) in [6, 6.07) is 1.48. The van der Waals surface area contributed by atoms with Crippen molar-refractivity contribution in [1.82, 2.24) is 9.29 Å². The van der Waals surface area contributed by atoms with Crippen molar-refractivity contribution in [2.75, 3.05) is 13.1 Å². The Morgan fingerprint density at radius 3 is 2.89 bits per heavy atom. The van der Waals surface area contributed by atoms with Crippen LogP contribution in [0.5, 0.6) is 0 Å². The van der Waals surface area contributed by atoms with Crippen LogP contribution in [0.25, 0.3) is 0 Å². The van der Waals surface area contributed by atoms with Crippen molar-refractivity contribution in [3.05, 3.63) is 33.5 Å². The summed E-state index contributed by atoms with van der Waals surface area (Å²) >= 11 is 9.09. The minimum absolute atomic E-state index is 0.00501. The smallest absolute Gasteiger partial charge is 0.242 e. The number of halogens is 2. The minimum atomic E-state index is -3.58. The van der Waals surface area contributed by atoms with Crippen LogP contribution in [-0.2, 0) is 10.0 Å². The number of hydrogen-bond donors (Lipinski definition) is 0. The second kappa shape index (κ2) is 5.28. The molecule has 0 bridgehead atoms. The van der Waals surface area contributed by atoms with E-state index in [4.69, 9.17) is 11.6 Å². The third-order valence-electron chi connectivity index (χ3n) is 2.69. The third-order valence-corrected chi connectivity index (χ3v) is 5.39. The van der Waals surface area contributed by atoms with E-state index >= 15 is 0 Å². The quantitative estimate of drug-likeness (QED) is 0.608. The zero-order valence-corrected chi connectivity index (χ0v) is 12.9. The summed E-state index contributed by atoms with van der Waals surface area (Å²) < 4.78 is 26.9. The molecular formula is C11H12BrClN2O2S. The molecule has 0 amide bonds. The molecule has 1 aliphatic heterocycles. The van der Waals surface area contributed by atoms with E-state index in [1.807, 2.05) is 13.0 Å². The summed E-state index contributed by atoms with van der Waals surface area (Å²) in [4.78, 5) is 3.91. The Kier molecular flexibility index (Phi) is 4.11. The first kappa shape index (κ1) is 14.0. The second-order valence-corrected chi connectivity index (χ2v) is 7.30. The Morgan fingerprint density at radius 2 is 2.22 bits per heavy atom. The standard InChI is InChI=1S/C11H12BrClN2O2S/c1-8-3-2-4-15(7-8)18(16,17)10-5-9(12)6-14-11(10)13/h3,5-6H,2,4,7H2,1H3. The van der Waals surface area contributed by atoms with Gasteiger partial charge in [-0.05, 0) is 35.3 Å². The Labute approximate surface area is 120 Å². The van der Waals surface area contributed by atoms with Crippen molar-refractivity contribution in [3.63, 3.8) is 0 Å². The average molecular weight is 352 g/mol. The van der Waals surface area contributed by atoms with Crippen molar-refractivity contribution in [3.8, 4) is 0 Å². The molecule has 98 valence electrons. The molecule has 4 nitrogen and oxygen atoms in total. The first-order valence-electron chi connectivity index (χ1n) is 5.38. The van der Waals surface area contributed by atoms with Gasteiger partial charge in [-0.2, -0.15) is 4.31 Å². The normalized spacial score (nSPS) is 17.6. The van der Waals surface area contributed by atoms with Crippen molar-refractivity contribution < 1.29 is 8.42 Å². The van der Waals surface area contributed by atoms with E-state index in [1.165, 1.54) is 16.6 Å². The highest BCUT2D eigenvalue weighted by atomic mass is 79.9. The molecule has 2 rings (SSSR count). The van der Waals surface area contributed by atoms with E-state index in [0.29, 0.717) is 17.6 Å². The first-order chi connectivity index (χ1) is 8.41. The average Bonchev–Trinajstić information content (AvgIpc) is 2.32. The number of pyridine rings is 1. The highest BCUT2D eigenvalue weighted by molar-refractivity contribution is 9.10. The summed E-state index contributed by atoms with van der Waals surface area (Å²) in [5.74, 6) is 0. The molecule has 2 heterocycles. The van der Waals surface area contributed by atoms with Gasteiger partial charge in [-0.1, -0.05) is 23.3 Å². The third kappa shape index (κ3) is 2.77. The van der Waals surface area contributed by atoms with Gasteiger partial charge in [-0.15, -0.1) is 0 Å². The molecule has 0 radical (unpaired) electrons. The lowest BCUT2D eigenvalue weighted by Gasteiger charge is -2.25. The van der Waals surface area contributed by atoms with E-state index in [1.54, 1.807) is 0 Å². The van der Waals surface area contributed by atoms with Gasteiger partial charge in [0.05, 0.1) is 0 Å². The molecule has 7 heteroatoms. The van der Waals surface area contributed by atoms with Gasteiger partial charge in [-0.25, -0.2) is 13.4 Å². The molecule has 0 fully saturated rings. The fourth-order valence-electron chi connectivity index (χ4n) is 1.81. The SMILES string of the molecule is CC1=CCCN(S(=O)(=O)c2cc(Br)cnc2Cl)C1. The Morgan fingerprint density at radius 1 is 1.50 bits per heavy atom. The van der Waals surface area contributed by atoms with E-state index in [2.05, 4.69) is 20.9 Å². The zero-order chi connectivity index (χ0) is 13.3. The van der Waals surface area contributed by atoms with Gasteiger partial charge in [-0.3, -0.25) is 0 Å². The maximum absolute atomic E-state index is 12.5. The molecule has 0 N–H and O–H groups in total. The predicted octanol–water partition coefficient (Wildman–Crippen LogP) is 2.84. The number of sulfonamides is 1. The fraction of sp³-hybridized carbons (Fsp3) is 0.364. The molecule has 1 aliphatic rings. The molecule has 18 heavy (non-hydrogen) atoms. The number of aromatic nitrogens is 1. The molecule has 0 atom stereocenters. The van der Waals surface area contributed by atoms with Crippen LogP contribution < -0.4 is 0 Å². The van der Waals surface area contributed by atoms with E-state index < -0.39 is 10.0 Å². The zero-order valence-electron chi connectivity index (χ0n) is 9.73. The van der Waals surface area contributed by atoms with E-state index in [-0.39, 0.29) is 10.0 Å². The Hall–Kier alpha value is -0.430. The van der Waals surface area contributed by atoms with Crippen LogP contribution in [-0.4, -0.2) is 30.8 Å². The van der Waals surface area contributed by atoms with Crippen LogP contribution in [0.4, 0.5) is 0 Å². The summed E-state index contributed by atoms with van der Waals surface area (Å²) in [6.07, 6.45) is 4.25. The van der Waals surface area contributed by atoms with Gasteiger partial charge in [0.2, 0.25) is 10.0 Å². The molecule has 0 saturated carbocycles. The minimum Gasteiger partial charge on any atom is -0.242 e. The predicted molar refractivity (Wildman–Crippen MR) is 74.1 cm³/mol. The number of nitrogens with zero attached hydrogens (tertiary/aromatic N) is 2. The monoisotopic (exact) mass is 350 g/mol. The topological polar surface area (TPSA) is 50.3 Å². The van der Waals surface area contributed by atoms with E-state index in [9.17, 15) is 8.42 Å². The van der Waals surface area contributed by atoms with E-state index in [0.717, 1.165) is 12.0 Å². The van der Waals surface area contributed by atoms with Crippen molar-refractivity contribution in [2.24, 2.45) is 0 Å². The van der Waals surface area contributed by atoms with Crippen LogP contribution >= 0.6 is 27.5 Å². The Balaban J connectivity index is 2.42. The maximum atomic E-state index is 12.5. The fourth-order valence-corrected chi connectivity index (χ4v) is 4.22. The van der Waals surface area contributed by atoms with Crippen molar-refractivity contribution >= 4 is 37.6 Å². The highest BCUT2D eigenvalue weighted by Crippen LogP contribution is 2.27.